The van der Waals surface area contributed by atoms with Crippen LogP contribution >= 0.6 is 11.3 Å². The van der Waals surface area contributed by atoms with Gasteiger partial charge in [-0.15, -0.1) is 11.3 Å². The van der Waals surface area contributed by atoms with E-state index >= 15 is 0 Å². The highest BCUT2D eigenvalue weighted by Crippen LogP contribution is 2.22. The highest BCUT2D eigenvalue weighted by molar-refractivity contribution is 7.14. The third-order valence-electron chi connectivity index (χ3n) is 3.16. The van der Waals surface area contributed by atoms with Crippen LogP contribution in [0.1, 0.15) is 40.4 Å². The summed E-state index contributed by atoms with van der Waals surface area (Å²) < 4.78 is 1.83. The molecule has 0 spiro atoms. The molecule has 0 saturated heterocycles. The molecule has 5 heteroatoms. The second-order valence-corrected chi connectivity index (χ2v) is 6.30. The molecular weight excluding hydrogens is 270 g/mol. The van der Waals surface area contributed by atoms with Crippen LogP contribution in [0, 0.1) is 6.92 Å². The molecule has 2 heterocycles. The number of hydrogen-bond donors (Lipinski definition) is 1. The largest absolute Gasteiger partial charge is 0.347 e. The summed E-state index contributed by atoms with van der Waals surface area (Å²) in [5.74, 6) is 0.0140. The van der Waals surface area contributed by atoms with Crippen LogP contribution in [0.4, 0.5) is 0 Å². The van der Waals surface area contributed by atoms with Gasteiger partial charge in [0.1, 0.15) is 0 Å². The Morgan fingerprint density at radius 3 is 3.00 bits per heavy atom. The SMILES string of the molecule is CCCc1cc(C(=O)NC(C)Cn2cccn2)sc1C. The van der Waals surface area contributed by atoms with E-state index in [0.717, 1.165) is 17.7 Å². The number of nitrogens with zero attached hydrogens (tertiary/aromatic N) is 2. The fourth-order valence-corrected chi connectivity index (χ4v) is 3.15. The lowest BCUT2D eigenvalue weighted by Gasteiger charge is -2.13. The monoisotopic (exact) mass is 291 g/mol. The molecule has 0 fully saturated rings. The van der Waals surface area contributed by atoms with Crippen LogP contribution < -0.4 is 5.32 Å². The van der Waals surface area contributed by atoms with Crippen LogP contribution in [0.5, 0.6) is 0 Å². The van der Waals surface area contributed by atoms with E-state index in [4.69, 9.17) is 0 Å². The molecule has 0 radical (unpaired) electrons. The lowest BCUT2D eigenvalue weighted by molar-refractivity contribution is 0.0940. The minimum atomic E-state index is 0.0140. The first kappa shape index (κ1) is 14.8. The molecule has 0 aromatic carbocycles. The molecule has 0 aliphatic carbocycles. The second-order valence-electron chi connectivity index (χ2n) is 5.04. The number of rotatable bonds is 6. The lowest BCUT2D eigenvalue weighted by Crippen LogP contribution is -2.35. The summed E-state index contributed by atoms with van der Waals surface area (Å²) in [4.78, 5) is 14.3. The second kappa shape index (κ2) is 6.70. The van der Waals surface area contributed by atoms with Crippen LogP contribution in [0.25, 0.3) is 0 Å². The molecule has 0 aliphatic rings. The maximum Gasteiger partial charge on any atom is 0.261 e. The van der Waals surface area contributed by atoms with Crippen molar-refractivity contribution in [1.29, 1.82) is 0 Å². The number of aryl methyl sites for hydroxylation is 2. The summed E-state index contributed by atoms with van der Waals surface area (Å²) in [6.45, 7) is 6.92. The van der Waals surface area contributed by atoms with Crippen molar-refractivity contribution < 1.29 is 4.79 Å². The van der Waals surface area contributed by atoms with Gasteiger partial charge in [0.15, 0.2) is 0 Å². The topological polar surface area (TPSA) is 46.9 Å². The molecule has 1 unspecified atom stereocenters. The summed E-state index contributed by atoms with van der Waals surface area (Å²) in [6.07, 6.45) is 5.79. The first-order chi connectivity index (χ1) is 9.60. The van der Waals surface area contributed by atoms with E-state index in [9.17, 15) is 4.79 Å². The average molecular weight is 291 g/mol. The van der Waals surface area contributed by atoms with Crippen molar-refractivity contribution in [2.45, 2.75) is 46.2 Å². The molecule has 1 N–H and O–H groups in total. The van der Waals surface area contributed by atoms with Crippen LogP contribution in [0.15, 0.2) is 24.5 Å². The molecule has 4 nitrogen and oxygen atoms in total. The van der Waals surface area contributed by atoms with Gasteiger partial charge in [-0.2, -0.15) is 5.10 Å². The third-order valence-corrected chi connectivity index (χ3v) is 4.25. The molecule has 20 heavy (non-hydrogen) atoms. The standard InChI is InChI=1S/C15H21N3OS/c1-4-6-13-9-14(20-12(13)3)15(19)17-11(2)10-18-8-5-7-16-18/h5,7-9,11H,4,6,10H2,1-3H3,(H,17,19). The molecule has 0 saturated carbocycles. The molecular formula is C15H21N3OS. The molecule has 0 bridgehead atoms. The quantitative estimate of drug-likeness (QED) is 0.889. The van der Waals surface area contributed by atoms with E-state index in [-0.39, 0.29) is 11.9 Å². The Morgan fingerprint density at radius 2 is 2.35 bits per heavy atom. The number of thiophene rings is 1. The van der Waals surface area contributed by atoms with Gasteiger partial charge in [-0.1, -0.05) is 13.3 Å². The van der Waals surface area contributed by atoms with Gasteiger partial charge in [-0.25, -0.2) is 0 Å². The first-order valence-corrected chi connectivity index (χ1v) is 7.79. The summed E-state index contributed by atoms with van der Waals surface area (Å²) in [6, 6.07) is 3.97. The van der Waals surface area contributed by atoms with Gasteiger partial charge in [0, 0.05) is 23.3 Å². The van der Waals surface area contributed by atoms with Crippen molar-refractivity contribution in [2.75, 3.05) is 0 Å². The molecule has 1 atom stereocenters. The number of amides is 1. The molecule has 1 amide bonds. The average Bonchev–Trinajstić information content (AvgIpc) is 3.00. The number of nitrogens with one attached hydrogen (secondary N) is 1. The highest BCUT2D eigenvalue weighted by Gasteiger charge is 2.14. The third kappa shape index (κ3) is 3.70. The molecule has 2 aromatic heterocycles. The highest BCUT2D eigenvalue weighted by atomic mass is 32.1. The van der Waals surface area contributed by atoms with Crippen molar-refractivity contribution in [1.82, 2.24) is 15.1 Å². The molecule has 108 valence electrons. The minimum absolute atomic E-state index is 0.0140. The van der Waals surface area contributed by atoms with Crippen LogP contribution in [0.3, 0.4) is 0 Å². The summed E-state index contributed by atoms with van der Waals surface area (Å²) in [7, 11) is 0. The fraction of sp³-hybridized carbons (Fsp3) is 0.467. The predicted molar refractivity (Wildman–Crippen MR) is 82.2 cm³/mol. The zero-order valence-electron chi connectivity index (χ0n) is 12.2. The van der Waals surface area contributed by atoms with Crippen LogP contribution in [0.2, 0.25) is 0 Å². The smallest absolute Gasteiger partial charge is 0.261 e. The Morgan fingerprint density at radius 1 is 1.55 bits per heavy atom. The van der Waals surface area contributed by atoms with Crippen molar-refractivity contribution in [3.63, 3.8) is 0 Å². The maximum absolute atomic E-state index is 12.2. The first-order valence-electron chi connectivity index (χ1n) is 6.97. The Hall–Kier alpha value is -1.62. The zero-order valence-corrected chi connectivity index (χ0v) is 13.0. The van der Waals surface area contributed by atoms with Gasteiger partial charge in [0.05, 0.1) is 11.4 Å². The summed E-state index contributed by atoms with van der Waals surface area (Å²) >= 11 is 1.58. The number of hydrogen-bond acceptors (Lipinski definition) is 3. The van der Waals surface area contributed by atoms with Crippen molar-refractivity contribution in [2.24, 2.45) is 0 Å². The van der Waals surface area contributed by atoms with E-state index in [1.165, 1.54) is 10.4 Å². The Labute approximate surface area is 123 Å². The zero-order chi connectivity index (χ0) is 14.5. The Balaban J connectivity index is 1.95. The normalized spacial score (nSPS) is 12.3. The van der Waals surface area contributed by atoms with E-state index in [1.54, 1.807) is 17.5 Å². The summed E-state index contributed by atoms with van der Waals surface area (Å²) in [5, 5.41) is 7.17. The number of carbonyl (C=O) groups is 1. The maximum atomic E-state index is 12.2. The van der Waals surface area contributed by atoms with E-state index in [2.05, 4.69) is 24.3 Å². The molecule has 2 aromatic rings. The molecule has 2 rings (SSSR count). The predicted octanol–water partition coefficient (Wildman–Crippen LogP) is 3.02. The van der Waals surface area contributed by atoms with Crippen molar-refractivity contribution >= 4 is 17.2 Å². The fourth-order valence-electron chi connectivity index (χ4n) is 2.18. The van der Waals surface area contributed by atoms with Crippen molar-refractivity contribution in [3.05, 3.63) is 39.8 Å². The van der Waals surface area contributed by atoms with Gasteiger partial charge in [0.25, 0.3) is 5.91 Å². The number of aromatic nitrogens is 2. The molecule has 0 aliphatic heterocycles. The Bertz CT molecular complexity index is 560. The van der Waals surface area contributed by atoms with Gasteiger partial charge in [0.2, 0.25) is 0 Å². The van der Waals surface area contributed by atoms with Crippen molar-refractivity contribution in [3.8, 4) is 0 Å². The van der Waals surface area contributed by atoms with Gasteiger partial charge in [-0.3, -0.25) is 9.48 Å². The summed E-state index contributed by atoms with van der Waals surface area (Å²) in [5.41, 5.74) is 1.29. The van der Waals surface area contributed by atoms with E-state index in [1.807, 2.05) is 29.9 Å². The minimum Gasteiger partial charge on any atom is -0.347 e. The Kier molecular flexibility index (Phi) is 4.95. The number of carbonyl (C=O) groups excluding carboxylic acids is 1. The van der Waals surface area contributed by atoms with Crippen LogP contribution in [-0.4, -0.2) is 21.7 Å². The van der Waals surface area contributed by atoms with Gasteiger partial charge in [-0.05, 0) is 38.0 Å². The van der Waals surface area contributed by atoms with E-state index < -0.39 is 0 Å². The van der Waals surface area contributed by atoms with Crippen LogP contribution in [-0.2, 0) is 13.0 Å². The van der Waals surface area contributed by atoms with Gasteiger partial charge >= 0.3 is 0 Å². The van der Waals surface area contributed by atoms with E-state index in [0.29, 0.717) is 6.54 Å². The lowest BCUT2D eigenvalue weighted by atomic mass is 10.1. The van der Waals surface area contributed by atoms with Gasteiger partial charge < -0.3 is 5.32 Å².